The van der Waals surface area contributed by atoms with Gasteiger partial charge in [-0.05, 0) is 88.5 Å². The first-order chi connectivity index (χ1) is 18.9. The number of likely N-dealkylation sites (tertiary alicyclic amines) is 1. The fourth-order valence-electron chi connectivity index (χ4n) is 5.06. The number of halogens is 1. The fraction of sp³-hybridized carbons (Fsp3) is 0.367. The zero-order valence-corrected chi connectivity index (χ0v) is 22.3. The lowest BCUT2D eigenvalue weighted by Gasteiger charge is -2.29. The number of imidazole rings is 1. The van der Waals surface area contributed by atoms with Gasteiger partial charge in [0.25, 0.3) is 5.91 Å². The predicted molar refractivity (Wildman–Crippen MR) is 149 cm³/mol. The second-order valence-corrected chi connectivity index (χ2v) is 10.7. The normalized spacial score (nSPS) is 16.4. The Morgan fingerprint density at radius 2 is 1.92 bits per heavy atom. The van der Waals surface area contributed by atoms with Crippen LogP contribution in [0.4, 0.5) is 10.1 Å². The number of aromatic nitrogens is 3. The highest BCUT2D eigenvalue weighted by atomic mass is 19.1. The van der Waals surface area contributed by atoms with E-state index >= 15 is 0 Å². The van der Waals surface area contributed by atoms with Crippen molar-refractivity contribution in [3.05, 3.63) is 71.7 Å². The van der Waals surface area contributed by atoms with Crippen LogP contribution >= 0.6 is 0 Å². The molecule has 2 aromatic carbocycles. The summed E-state index contributed by atoms with van der Waals surface area (Å²) >= 11 is 0. The maximum atomic E-state index is 13.8. The monoisotopic (exact) mass is 528 g/mol. The van der Waals surface area contributed by atoms with Gasteiger partial charge in [0.1, 0.15) is 11.6 Å². The van der Waals surface area contributed by atoms with Crippen molar-refractivity contribution in [2.75, 3.05) is 32.0 Å². The molecule has 8 nitrogen and oxygen atoms in total. The van der Waals surface area contributed by atoms with Crippen LogP contribution in [-0.4, -0.2) is 58.1 Å². The van der Waals surface area contributed by atoms with E-state index in [1.807, 2.05) is 31.2 Å². The van der Waals surface area contributed by atoms with Crippen molar-refractivity contribution in [2.24, 2.45) is 5.92 Å². The van der Waals surface area contributed by atoms with Gasteiger partial charge in [-0.15, -0.1) is 5.10 Å². The molecule has 2 N–H and O–H groups in total. The first-order valence-corrected chi connectivity index (χ1v) is 13.6. The van der Waals surface area contributed by atoms with E-state index in [1.54, 1.807) is 22.8 Å². The van der Waals surface area contributed by atoms with E-state index in [-0.39, 0.29) is 11.7 Å². The Morgan fingerprint density at radius 3 is 2.67 bits per heavy atom. The Balaban J connectivity index is 1.33. The zero-order valence-electron chi connectivity index (χ0n) is 22.3. The van der Waals surface area contributed by atoms with Gasteiger partial charge >= 0.3 is 0 Å². The number of hydrogen-bond acceptors (Lipinski definition) is 6. The van der Waals surface area contributed by atoms with E-state index in [1.165, 1.54) is 12.1 Å². The molecule has 202 valence electrons. The van der Waals surface area contributed by atoms with Crippen molar-refractivity contribution in [3.8, 4) is 22.9 Å². The first kappa shape index (κ1) is 25.3. The van der Waals surface area contributed by atoms with Crippen molar-refractivity contribution in [2.45, 2.75) is 38.6 Å². The molecule has 2 aliphatic rings. The molecule has 0 radical (unpaired) electrons. The number of aryl methyl sites for hydroxylation is 1. The van der Waals surface area contributed by atoms with E-state index < -0.39 is 0 Å². The predicted octanol–water partition coefficient (Wildman–Crippen LogP) is 5.28. The van der Waals surface area contributed by atoms with Gasteiger partial charge in [0, 0.05) is 35.8 Å². The molecule has 6 rings (SSSR count). The third-order valence-corrected chi connectivity index (χ3v) is 7.56. The minimum atomic E-state index is -0.376. The number of carbonyl (C=O) groups excluding carboxylic acids is 1. The Bertz CT molecular complexity index is 1510. The number of ether oxygens (including phenoxy) is 1. The standard InChI is InChI=1S/C30H33FN6O2/c1-19-14-21(6-9-25(19)30(38)34-23-7-8-23)27-18-33-29-26(32-17-20-10-12-36(2)13-11-20)16-28(35-37(27)29)39-24-5-3-4-22(31)15-24/h3-6,9,14-16,18,20,23,32H,7-8,10-13,17H2,1-2H3,(H,34,38). The maximum absolute atomic E-state index is 13.8. The molecule has 0 unspecified atom stereocenters. The number of piperidine rings is 1. The summed E-state index contributed by atoms with van der Waals surface area (Å²) < 4.78 is 21.6. The summed E-state index contributed by atoms with van der Waals surface area (Å²) in [4.78, 5) is 19.7. The van der Waals surface area contributed by atoms with Crippen LogP contribution in [0.2, 0.25) is 0 Å². The van der Waals surface area contributed by atoms with Gasteiger partial charge in [0.15, 0.2) is 5.65 Å². The number of nitrogens with zero attached hydrogens (tertiary/aromatic N) is 4. The van der Waals surface area contributed by atoms with Crippen LogP contribution in [0.1, 0.15) is 41.6 Å². The quantitative estimate of drug-likeness (QED) is 0.324. The molecule has 1 aliphatic carbocycles. The van der Waals surface area contributed by atoms with Gasteiger partial charge in [-0.25, -0.2) is 13.9 Å². The molecule has 0 bridgehead atoms. The van der Waals surface area contributed by atoms with Gasteiger partial charge in [-0.2, -0.15) is 0 Å². The SMILES string of the molecule is Cc1cc(-c2cnc3c(NCC4CCN(C)CC4)cc(Oc4cccc(F)c4)nn23)ccc1C(=O)NC1CC1. The van der Waals surface area contributed by atoms with E-state index in [4.69, 9.17) is 14.8 Å². The summed E-state index contributed by atoms with van der Waals surface area (Å²) in [6.45, 7) is 4.94. The van der Waals surface area contributed by atoms with Crippen molar-refractivity contribution in [1.29, 1.82) is 0 Å². The van der Waals surface area contributed by atoms with Gasteiger partial charge in [0.05, 0.1) is 17.6 Å². The van der Waals surface area contributed by atoms with E-state index in [9.17, 15) is 9.18 Å². The fourth-order valence-corrected chi connectivity index (χ4v) is 5.06. The molecule has 4 aromatic rings. The van der Waals surface area contributed by atoms with Crippen LogP contribution in [0.3, 0.4) is 0 Å². The number of benzene rings is 2. The second-order valence-electron chi connectivity index (χ2n) is 10.7. The summed E-state index contributed by atoms with van der Waals surface area (Å²) in [7, 11) is 2.16. The molecule has 0 spiro atoms. The second kappa shape index (κ2) is 10.6. The lowest BCUT2D eigenvalue weighted by atomic mass is 9.97. The molecule has 0 atom stereocenters. The molecule has 1 aliphatic heterocycles. The van der Waals surface area contributed by atoms with Crippen molar-refractivity contribution >= 4 is 17.2 Å². The van der Waals surface area contributed by atoms with Crippen LogP contribution in [0.15, 0.2) is 54.7 Å². The molecule has 2 fully saturated rings. The highest BCUT2D eigenvalue weighted by Gasteiger charge is 2.25. The molecule has 1 amide bonds. The Labute approximate surface area is 227 Å². The minimum absolute atomic E-state index is 0.0380. The van der Waals surface area contributed by atoms with Gasteiger partial charge in [0.2, 0.25) is 5.88 Å². The van der Waals surface area contributed by atoms with E-state index in [2.05, 4.69) is 22.6 Å². The Morgan fingerprint density at radius 1 is 1.10 bits per heavy atom. The summed E-state index contributed by atoms with van der Waals surface area (Å²) in [5.41, 5.74) is 4.70. The molecule has 1 saturated heterocycles. The van der Waals surface area contributed by atoms with Crippen LogP contribution in [0.5, 0.6) is 11.6 Å². The Hall–Kier alpha value is -3.98. The highest BCUT2D eigenvalue weighted by Crippen LogP contribution is 2.31. The summed E-state index contributed by atoms with van der Waals surface area (Å²) in [5, 5.41) is 11.4. The molecule has 39 heavy (non-hydrogen) atoms. The van der Waals surface area contributed by atoms with Crippen molar-refractivity contribution in [3.63, 3.8) is 0 Å². The number of rotatable bonds is 8. The summed E-state index contributed by atoms with van der Waals surface area (Å²) in [6.07, 6.45) is 6.15. The lowest BCUT2D eigenvalue weighted by molar-refractivity contribution is 0.0950. The van der Waals surface area contributed by atoms with Crippen molar-refractivity contribution in [1.82, 2.24) is 24.8 Å². The number of nitrogens with one attached hydrogen (secondary N) is 2. The highest BCUT2D eigenvalue weighted by molar-refractivity contribution is 5.96. The third kappa shape index (κ3) is 5.73. The Kier molecular flexibility index (Phi) is 6.91. The number of anilines is 1. The number of hydrogen-bond donors (Lipinski definition) is 2. The largest absolute Gasteiger partial charge is 0.437 e. The smallest absolute Gasteiger partial charge is 0.251 e. The molecular weight excluding hydrogens is 495 g/mol. The average Bonchev–Trinajstić information content (AvgIpc) is 3.63. The molecular formula is C30H33FN6O2. The lowest BCUT2D eigenvalue weighted by Crippen LogP contribution is -2.33. The van der Waals surface area contributed by atoms with Crippen LogP contribution in [-0.2, 0) is 0 Å². The van der Waals surface area contributed by atoms with Gasteiger partial charge in [-0.3, -0.25) is 4.79 Å². The average molecular weight is 529 g/mol. The summed E-state index contributed by atoms with van der Waals surface area (Å²) in [5.74, 6) is 0.846. The number of fused-ring (bicyclic) bond motifs is 1. The topological polar surface area (TPSA) is 83.8 Å². The molecule has 9 heteroatoms. The minimum Gasteiger partial charge on any atom is -0.437 e. The van der Waals surface area contributed by atoms with Crippen LogP contribution in [0, 0.1) is 18.7 Å². The number of amides is 1. The molecule has 2 aromatic heterocycles. The van der Waals surface area contributed by atoms with Gasteiger partial charge in [-0.1, -0.05) is 12.1 Å². The van der Waals surface area contributed by atoms with E-state index in [0.29, 0.717) is 34.8 Å². The maximum Gasteiger partial charge on any atom is 0.251 e. The van der Waals surface area contributed by atoms with Crippen LogP contribution < -0.4 is 15.4 Å². The van der Waals surface area contributed by atoms with Crippen LogP contribution in [0.25, 0.3) is 16.9 Å². The zero-order chi connectivity index (χ0) is 26.9. The molecule has 1 saturated carbocycles. The summed E-state index contributed by atoms with van der Waals surface area (Å²) in [6, 6.07) is 13.9. The van der Waals surface area contributed by atoms with Crippen molar-refractivity contribution < 1.29 is 13.9 Å². The first-order valence-electron chi connectivity index (χ1n) is 13.6. The molecule has 3 heterocycles. The third-order valence-electron chi connectivity index (χ3n) is 7.56. The van der Waals surface area contributed by atoms with E-state index in [0.717, 1.165) is 67.8 Å². The van der Waals surface area contributed by atoms with Gasteiger partial charge < -0.3 is 20.3 Å². The number of carbonyl (C=O) groups is 1.